The van der Waals surface area contributed by atoms with Crippen molar-refractivity contribution in [1.82, 2.24) is 10.2 Å². The summed E-state index contributed by atoms with van der Waals surface area (Å²) in [5.41, 5.74) is -0.496. The molecule has 0 aromatic carbocycles. The minimum absolute atomic E-state index is 0.00834. The fourth-order valence-corrected chi connectivity index (χ4v) is 2.94. The Balaban J connectivity index is 1.77. The molecule has 6 nitrogen and oxygen atoms in total. The van der Waals surface area contributed by atoms with Gasteiger partial charge in [0.15, 0.2) is 5.78 Å². The van der Waals surface area contributed by atoms with Crippen LogP contribution >= 0.6 is 0 Å². The fourth-order valence-electron chi connectivity index (χ4n) is 2.94. The lowest BCUT2D eigenvalue weighted by Gasteiger charge is -2.34. The Hall–Kier alpha value is -1.59. The average Bonchev–Trinajstić information content (AvgIpc) is 2.67. The molecule has 1 N–H and O–H groups in total. The summed E-state index contributed by atoms with van der Waals surface area (Å²) < 4.78 is 5.24. The monoisotopic (exact) mass is 296 g/mol. The van der Waals surface area contributed by atoms with Crippen molar-refractivity contribution >= 4 is 17.8 Å². The van der Waals surface area contributed by atoms with Crippen molar-refractivity contribution in [3.05, 3.63) is 0 Å². The van der Waals surface area contributed by atoms with Gasteiger partial charge in [0.2, 0.25) is 5.91 Å². The molecule has 2 rings (SSSR count). The van der Waals surface area contributed by atoms with Crippen molar-refractivity contribution in [2.45, 2.75) is 70.6 Å². The molecule has 2 fully saturated rings. The lowest BCUT2D eigenvalue weighted by Crippen LogP contribution is -2.45. The summed E-state index contributed by atoms with van der Waals surface area (Å²) in [4.78, 5) is 36.4. The molecular formula is C15H24N2O4. The van der Waals surface area contributed by atoms with Crippen LogP contribution in [0.25, 0.3) is 0 Å². The van der Waals surface area contributed by atoms with Crippen LogP contribution in [0.4, 0.5) is 4.79 Å². The molecule has 0 atom stereocenters. The first kappa shape index (κ1) is 15.8. The Morgan fingerprint density at radius 2 is 1.81 bits per heavy atom. The van der Waals surface area contributed by atoms with E-state index in [9.17, 15) is 14.4 Å². The molecule has 118 valence electrons. The highest BCUT2D eigenvalue weighted by atomic mass is 16.6. The van der Waals surface area contributed by atoms with Gasteiger partial charge in [-0.15, -0.1) is 0 Å². The molecular weight excluding hydrogens is 272 g/mol. The van der Waals surface area contributed by atoms with Gasteiger partial charge in [0, 0.05) is 12.1 Å². The molecule has 1 aliphatic heterocycles. The third-order valence-electron chi connectivity index (χ3n) is 3.87. The van der Waals surface area contributed by atoms with E-state index in [2.05, 4.69) is 5.32 Å². The largest absolute Gasteiger partial charge is 0.444 e. The molecule has 0 aromatic rings. The highest BCUT2D eigenvalue weighted by molar-refractivity contribution is 6.05. The number of nitrogens with one attached hydrogen (secondary N) is 1. The Morgan fingerprint density at radius 3 is 2.29 bits per heavy atom. The number of alkyl carbamates (subject to hydrolysis) is 1. The average molecular weight is 296 g/mol. The number of amides is 2. The van der Waals surface area contributed by atoms with Crippen molar-refractivity contribution < 1.29 is 19.1 Å². The van der Waals surface area contributed by atoms with Gasteiger partial charge < -0.3 is 15.0 Å². The molecule has 0 radical (unpaired) electrons. The van der Waals surface area contributed by atoms with Gasteiger partial charge >= 0.3 is 6.09 Å². The summed E-state index contributed by atoms with van der Waals surface area (Å²) in [6.45, 7) is 5.76. The molecule has 6 heteroatoms. The molecule has 0 bridgehead atoms. The molecule has 1 saturated carbocycles. The van der Waals surface area contributed by atoms with Crippen LogP contribution < -0.4 is 5.32 Å². The summed E-state index contributed by atoms with van der Waals surface area (Å²) in [7, 11) is 0. The molecule has 1 saturated heterocycles. The minimum atomic E-state index is -0.496. The predicted molar refractivity (Wildman–Crippen MR) is 76.8 cm³/mol. The first-order chi connectivity index (χ1) is 9.74. The van der Waals surface area contributed by atoms with Crippen LogP contribution in [0.15, 0.2) is 0 Å². The summed E-state index contributed by atoms with van der Waals surface area (Å²) in [5.74, 6) is -0.0439. The SMILES string of the molecule is CC(C)(C)OC(=O)NC1CCC(N2CC(=O)CC2=O)CC1. The lowest BCUT2D eigenvalue weighted by atomic mass is 9.90. The zero-order valence-corrected chi connectivity index (χ0v) is 13.0. The molecule has 2 aliphatic rings. The van der Waals surface area contributed by atoms with Crippen LogP contribution in [0.5, 0.6) is 0 Å². The van der Waals surface area contributed by atoms with Crippen molar-refractivity contribution in [2.75, 3.05) is 6.54 Å². The first-order valence-electron chi connectivity index (χ1n) is 7.55. The number of hydrogen-bond donors (Lipinski definition) is 1. The third-order valence-corrected chi connectivity index (χ3v) is 3.87. The van der Waals surface area contributed by atoms with Gasteiger partial charge in [0.25, 0.3) is 0 Å². The van der Waals surface area contributed by atoms with Gasteiger partial charge in [-0.2, -0.15) is 0 Å². The van der Waals surface area contributed by atoms with Crippen LogP contribution in [0.3, 0.4) is 0 Å². The molecule has 21 heavy (non-hydrogen) atoms. The van der Waals surface area contributed by atoms with E-state index < -0.39 is 11.7 Å². The normalized spacial score (nSPS) is 26.9. The number of likely N-dealkylation sites (tertiary alicyclic amines) is 1. The number of ketones is 1. The van der Waals surface area contributed by atoms with Crippen molar-refractivity contribution in [3.8, 4) is 0 Å². The van der Waals surface area contributed by atoms with Gasteiger partial charge in [-0.3, -0.25) is 9.59 Å². The number of nitrogens with zero attached hydrogens (tertiary/aromatic N) is 1. The summed E-state index contributed by atoms with van der Waals surface area (Å²) >= 11 is 0. The van der Waals surface area contributed by atoms with E-state index >= 15 is 0 Å². The van der Waals surface area contributed by atoms with Gasteiger partial charge in [0.1, 0.15) is 5.60 Å². The molecule has 0 aromatic heterocycles. The number of hydrogen-bond acceptors (Lipinski definition) is 4. The van der Waals surface area contributed by atoms with Crippen LogP contribution in [0, 0.1) is 0 Å². The Bertz CT molecular complexity index is 433. The number of rotatable bonds is 2. The van der Waals surface area contributed by atoms with Crippen LogP contribution in [0.2, 0.25) is 0 Å². The van der Waals surface area contributed by atoms with Gasteiger partial charge in [0.05, 0.1) is 13.0 Å². The Morgan fingerprint density at radius 1 is 1.19 bits per heavy atom. The van der Waals surface area contributed by atoms with Gasteiger partial charge in [-0.1, -0.05) is 0 Å². The second-order valence-electron chi connectivity index (χ2n) is 6.89. The number of ether oxygens (including phenoxy) is 1. The summed E-state index contributed by atoms with van der Waals surface area (Å²) in [6.07, 6.45) is 2.91. The number of Topliss-reactive ketones (excluding diaryl/α,β-unsaturated/α-hetero) is 1. The van der Waals surface area contributed by atoms with E-state index in [0.29, 0.717) is 0 Å². The highest BCUT2D eigenvalue weighted by Crippen LogP contribution is 2.26. The highest BCUT2D eigenvalue weighted by Gasteiger charge is 2.35. The van der Waals surface area contributed by atoms with Crippen LogP contribution in [-0.4, -0.2) is 46.9 Å². The van der Waals surface area contributed by atoms with E-state index in [0.717, 1.165) is 25.7 Å². The molecule has 0 unspecified atom stereocenters. The minimum Gasteiger partial charge on any atom is -0.444 e. The zero-order chi connectivity index (χ0) is 15.6. The van der Waals surface area contributed by atoms with E-state index in [1.165, 1.54) is 0 Å². The van der Waals surface area contributed by atoms with Crippen molar-refractivity contribution in [3.63, 3.8) is 0 Å². The first-order valence-corrected chi connectivity index (χ1v) is 7.55. The van der Waals surface area contributed by atoms with E-state index in [1.54, 1.807) is 4.90 Å². The molecule has 1 heterocycles. The molecule has 0 spiro atoms. The summed E-state index contributed by atoms with van der Waals surface area (Å²) in [5, 5.41) is 2.87. The number of carbonyl (C=O) groups is 3. The third kappa shape index (κ3) is 4.44. The van der Waals surface area contributed by atoms with Crippen molar-refractivity contribution in [2.24, 2.45) is 0 Å². The number of carbonyl (C=O) groups excluding carboxylic acids is 3. The van der Waals surface area contributed by atoms with Crippen LogP contribution in [-0.2, 0) is 14.3 Å². The topological polar surface area (TPSA) is 75.7 Å². The second-order valence-corrected chi connectivity index (χ2v) is 6.89. The van der Waals surface area contributed by atoms with E-state index in [-0.39, 0.29) is 36.7 Å². The predicted octanol–water partition coefficient (Wildman–Crippen LogP) is 1.62. The standard InChI is InChI=1S/C15H24N2O4/c1-15(2,3)21-14(20)16-10-4-6-11(7-5-10)17-9-12(18)8-13(17)19/h10-11H,4-9H2,1-3H3,(H,16,20). The second kappa shape index (κ2) is 6.03. The summed E-state index contributed by atoms with van der Waals surface area (Å²) in [6, 6.07) is 0.227. The van der Waals surface area contributed by atoms with Gasteiger partial charge in [-0.05, 0) is 46.5 Å². The fraction of sp³-hybridized carbons (Fsp3) is 0.800. The lowest BCUT2D eigenvalue weighted by molar-refractivity contribution is -0.130. The Labute approximate surface area is 125 Å². The van der Waals surface area contributed by atoms with E-state index in [1.807, 2.05) is 20.8 Å². The van der Waals surface area contributed by atoms with Crippen LogP contribution in [0.1, 0.15) is 52.9 Å². The maximum atomic E-state index is 11.7. The zero-order valence-electron chi connectivity index (χ0n) is 13.0. The molecule has 2 amide bonds. The smallest absolute Gasteiger partial charge is 0.407 e. The maximum Gasteiger partial charge on any atom is 0.407 e. The maximum absolute atomic E-state index is 11.7. The van der Waals surface area contributed by atoms with Gasteiger partial charge in [-0.25, -0.2) is 4.79 Å². The van der Waals surface area contributed by atoms with Crippen molar-refractivity contribution in [1.29, 1.82) is 0 Å². The quantitative estimate of drug-likeness (QED) is 0.786. The molecule has 1 aliphatic carbocycles. The Kier molecular flexibility index (Phi) is 4.54. The van der Waals surface area contributed by atoms with E-state index in [4.69, 9.17) is 4.74 Å².